The van der Waals surface area contributed by atoms with Crippen molar-refractivity contribution < 1.29 is 26.4 Å². The molecule has 1 N–H and O–H groups in total. The number of benzene rings is 1. The van der Waals surface area contributed by atoms with Crippen LogP contribution in [0.25, 0.3) is 0 Å². The zero-order chi connectivity index (χ0) is 20.4. The van der Waals surface area contributed by atoms with E-state index in [-0.39, 0.29) is 5.56 Å². The van der Waals surface area contributed by atoms with E-state index in [2.05, 4.69) is 9.88 Å². The van der Waals surface area contributed by atoms with Crippen LogP contribution in [0.4, 0.5) is 24.5 Å². The highest BCUT2D eigenvalue weighted by Crippen LogP contribution is 2.28. The zero-order valence-electron chi connectivity index (χ0n) is 14.6. The molecule has 150 valence electrons. The fourth-order valence-corrected chi connectivity index (χ4v) is 3.44. The normalized spacial score (nSPS) is 15.4. The van der Waals surface area contributed by atoms with Crippen LogP contribution < -0.4 is 9.62 Å². The van der Waals surface area contributed by atoms with Gasteiger partial charge in [0.1, 0.15) is 0 Å². The molecule has 1 aromatic heterocycles. The third-order valence-electron chi connectivity index (χ3n) is 4.30. The van der Waals surface area contributed by atoms with Crippen molar-refractivity contribution in [1.82, 2.24) is 9.88 Å². The molecule has 0 saturated carbocycles. The van der Waals surface area contributed by atoms with Gasteiger partial charge in [-0.2, -0.15) is 21.6 Å². The molecule has 1 amide bonds. The monoisotopic (exact) mass is 414 g/mol. The van der Waals surface area contributed by atoms with Gasteiger partial charge in [-0.1, -0.05) is 12.1 Å². The highest BCUT2D eigenvalue weighted by atomic mass is 32.2. The van der Waals surface area contributed by atoms with Gasteiger partial charge in [0.05, 0.1) is 11.3 Å². The van der Waals surface area contributed by atoms with Gasteiger partial charge in [0.15, 0.2) is 0 Å². The summed E-state index contributed by atoms with van der Waals surface area (Å²) in [6.45, 7) is 1.77. The summed E-state index contributed by atoms with van der Waals surface area (Å²) >= 11 is 0. The molecule has 1 aliphatic rings. The van der Waals surface area contributed by atoms with Crippen LogP contribution in [0.5, 0.6) is 0 Å². The fourth-order valence-electron chi connectivity index (χ4n) is 2.85. The van der Waals surface area contributed by atoms with Crippen LogP contribution in [0.3, 0.4) is 0 Å². The summed E-state index contributed by atoms with van der Waals surface area (Å²) in [4.78, 5) is 20.3. The number of pyridine rings is 1. The number of sulfonamides is 1. The Kier molecular flexibility index (Phi) is 5.45. The first-order valence-electron chi connectivity index (χ1n) is 8.31. The van der Waals surface area contributed by atoms with Crippen molar-refractivity contribution in [3.63, 3.8) is 0 Å². The molecule has 0 unspecified atom stereocenters. The van der Waals surface area contributed by atoms with Gasteiger partial charge in [0, 0.05) is 44.3 Å². The number of halogens is 3. The van der Waals surface area contributed by atoms with Gasteiger partial charge < -0.3 is 9.80 Å². The maximum Gasteiger partial charge on any atom is 0.516 e. The number of amides is 1. The van der Waals surface area contributed by atoms with Gasteiger partial charge in [-0.05, 0) is 24.3 Å². The average molecular weight is 414 g/mol. The van der Waals surface area contributed by atoms with E-state index < -0.39 is 27.1 Å². The number of nitrogens with zero attached hydrogens (tertiary/aromatic N) is 3. The molecule has 0 radical (unpaired) electrons. The second kappa shape index (κ2) is 7.66. The molecular weight excluding hydrogens is 397 g/mol. The number of aromatic nitrogens is 1. The van der Waals surface area contributed by atoms with E-state index in [4.69, 9.17) is 0 Å². The second-order valence-electron chi connectivity index (χ2n) is 6.08. The van der Waals surface area contributed by atoms with E-state index in [9.17, 15) is 26.4 Å². The predicted molar refractivity (Wildman–Crippen MR) is 97.4 cm³/mol. The van der Waals surface area contributed by atoms with E-state index in [0.29, 0.717) is 26.2 Å². The minimum Gasteiger partial charge on any atom is -0.368 e. The molecule has 2 aromatic rings. The molecule has 3 rings (SSSR count). The lowest BCUT2D eigenvalue weighted by atomic mass is 10.1. The number of carbonyl (C=O) groups excluding carboxylic acids is 1. The quantitative estimate of drug-likeness (QED) is 0.830. The largest absolute Gasteiger partial charge is 0.516 e. The summed E-state index contributed by atoms with van der Waals surface area (Å²) in [5.41, 5.74) is -5.05. The molecule has 11 heteroatoms. The number of anilines is 2. The van der Waals surface area contributed by atoms with E-state index in [1.54, 1.807) is 12.4 Å². The van der Waals surface area contributed by atoms with Crippen molar-refractivity contribution in [3.05, 3.63) is 54.4 Å². The highest BCUT2D eigenvalue weighted by Gasteiger charge is 2.46. The first-order chi connectivity index (χ1) is 13.2. The summed E-state index contributed by atoms with van der Waals surface area (Å²) in [7, 11) is -5.62. The zero-order valence-corrected chi connectivity index (χ0v) is 15.4. The van der Waals surface area contributed by atoms with Crippen LogP contribution >= 0.6 is 0 Å². The first kappa shape index (κ1) is 19.9. The lowest BCUT2D eigenvalue weighted by Crippen LogP contribution is -2.49. The summed E-state index contributed by atoms with van der Waals surface area (Å²) < 4.78 is 62.2. The first-order valence-corrected chi connectivity index (χ1v) is 9.80. The van der Waals surface area contributed by atoms with E-state index in [0.717, 1.165) is 11.8 Å². The SMILES string of the molecule is O=C(c1ccccc1NS(=O)(=O)C(F)(F)F)N1CCN(c2ccncc2)CC1. The Morgan fingerprint density at radius 2 is 1.61 bits per heavy atom. The third-order valence-corrected chi connectivity index (χ3v) is 5.40. The van der Waals surface area contributed by atoms with Crippen molar-refractivity contribution in [2.45, 2.75) is 5.51 Å². The maximum atomic E-state index is 12.8. The Morgan fingerprint density at radius 1 is 1.00 bits per heavy atom. The third kappa shape index (κ3) is 4.19. The van der Waals surface area contributed by atoms with Gasteiger partial charge in [-0.15, -0.1) is 0 Å². The highest BCUT2D eigenvalue weighted by molar-refractivity contribution is 7.93. The van der Waals surface area contributed by atoms with Crippen LogP contribution in [-0.2, 0) is 10.0 Å². The molecule has 1 aromatic carbocycles. The molecule has 28 heavy (non-hydrogen) atoms. The Morgan fingerprint density at radius 3 is 2.21 bits per heavy atom. The summed E-state index contributed by atoms with van der Waals surface area (Å²) in [5, 5.41) is 0. The molecule has 0 atom stereocenters. The lowest BCUT2D eigenvalue weighted by molar-refractivity contribution is -0.0429. The van der Waals surface area contributed by atoms with Crippen molar-refractivity contribution >= 4 is 27.3 Å². The van der Waals surface area contributed by atoms with Crippen LogP contribution in [0, 0.1) is 0 Å². The molecule has 1 fully saturated rings. The Balaban J connectivity index is 1.74. The predicted octanol–water partition coefficient (Wildman–Crippen LogP) is 2.31. The van der Waals surface area contributed by atoms with Crippen molar-refractivity contribution in [2.24, 2.45) is 0 Å². The fraction of sp³-hybridized carbons (Fsp3) is 0.294. The Labute approximate surface area is 159 Å². The topological polar surface area (TPSA) is 82.6 Å². The van der Waals surface area contributed by atoms with Crippen LogP contribution in [0.1, 0.15) is 10.4 Å². The minimum absolute atomic E-state index is 0.132. The average Bonchev–Trinajstić information content (AvgIpc) is 2.67. The number of hydrogen-bond donors (Lipinski definition) is 1. The van der Waals surface area contributed by atoms with Crippen LogP contribution in [-0.4, -0.2) is 55.9 Å². The molecule has 1 saturated heterocycles. The summed E-state index contributed by atoms with van der Waals surface area (Å²) in [5.74, 6) is -0.533. The van der Waals surface area contributed by atoms with Gasteiger partial charge in [0.25, 0.3) is 5.91 Å². The molecule has 2 heterocycles. The van der Waals surface area contributed by atoms with Crippen LogP contribution in [0.2, 0.25) is 0 Å². The second-order valence-corrected chi connectivity index (χ2v) is 7.76. The minimum atomic E-state index is -5.62. The number of alkyl halides is 3. The number of piperazine rings is 1. The number of carbonyl (C=O) groups is 1. The number of nitrogens with one attached hydrogen (secondary N) is 1. The van der Waals surface area contributed by atoms with Crippen molar-refractivity contribution in [2.75, 3.05) is 35.8 Å². The number of rotatable bonds is 4. The summed E-state index contributed by atoms with van der Waals surface area (Å²) in [6, 6.07) is 8.94. The van der Waals surface area contributed by atoms with E-state index >= 15 is 0 Å². The molecule has 7 nitrogen and oxygen atoms in total. The van der Waals surface area contributed by atoms with E-state index in [1.165, 1.54) is 27.8 Å². The Hall–Kier alpha value is -2.82. The van der Waals surface area contributed by atoms with Gasteiger partial charge in [0.2, 0.25) is 0 Å². The van der Waals surface area contributed by atoms with Crippen molar-refractivity contribution in [3.8, 4) is 0 Å². The molecule has 1 aliphatic heterocycles. The molecule has 0 aliphatic carbocycles. The lowest BCUT2D eigenvalue weighted by Gasteiger charge is -2.36. The summed E-state index contributed by atoms with van der Waals surface area (Å²) in [6.07, 6.45) is 3.33. The van der Waals surface area contributed by atoms with Gasteiger partial charge in [-0.3, -0.25) is 14.5 Å². The van der Waals surface area contributed by atoms with Crippen LogP contribution in [0.15, 0.2) is 48.8 Å². The molecule has 0 spiro atoms. The number of para-hydroxylation sites is 1. The smallest absolute Gasteiger partial charge is 0.368 e. The van der Waals surface area contributed by atoms with Gasteiger partial charge in [-0.25, -0.2) is 0 Å². The molecule has 0 bridgehead atoms. The Bertz CT molecular complexity index is 944. The van der Waals surface area contributed by atoms with Gasteiger partial charge >= 0.3 is 15.5 Å². The standard InChI is InChI=1S/C17H17F3N4O3S/c18-17(19,20)28(26,27)22-15-4-2-1-3-14(15)16(25)24-11-9-23(10-12-24)13-5-7-21-8-6-13/h1-8,22H,9-12H2. The van der Waals surface area contributed by atoms with Crippen molar-refractivity contribution in [1.29, 1.82) is 0 Å². The number of hydrogen-bond acceptors (Lipinski definition) is 5. The van der Waals surface area contributed by atoms with E-state index in [1.807, 2.05) is 12.1 Å². The maximum absolute atomic E-state index is 12.8. The molecular formula is C17H17F3N4O3S.